The number of aryl methyl sites for hydroxylation is 1. The van der Waals surface area contributed by atoms with Crippen molar-refractivity contribution in [3.05, 3.63) is 65.4 Å². The second-order valence-electron chi connectivity index (χ2n) is 4.82. The van der Waals surface area contributed by atoms with Crippen LogP contribution in [0.1, 0.15) is 16.1 Å². The Labute approximate surface area is 119 Å². The molecule has 0 unspecified atom stereocenters. The summed E-state index contributed by atoms with van der Waals surface area (Å²) in [5.41, 5.74) is 1.65. The number of H-pyrrole nitrogens is 1. The van der Waals surface area contributed by atoms with E-state index < -0.39 is 23.2 Å². The molecule has 1 amide bonds. The van der Waals surface area contributed by atoms with E-state index in [0.717, 1.165) is 28.6 Å². The van der Waals surface area contributed by atoms with Gasteiger partial charge < -0.3 is 10.3 Å². The molecule has 0 atom stereocenters. The number of benzene rings is 2. The molecule has 106 valence electrons. The first-order chi connectivity index (χ1) is 10.0. The van der Waals surface area contributed by atoms with Gasteiger partial charge in [0.15, 0.2) is 0 Å². The van der Waals surface area contributed by atoms with Crippen LogP contribution in [0.2, 0.25) is 0 Å². The van der Waals surface area contributed by atoms with E-state index >= 15 is 0 Å². The van der Waals surface area contributed by atoms with Crippen molar-refractivity contribution in [2.45, 2.75) is 6.92 Å². The van der Waals surface area contributed by atoms with Crippen molar-refractivity contribution in [1.82, 2.24) is 4.98 Å². The van der Waals surface area contributed by atoms with Crippen molar-refractivity contribution in [3.8, 4) is 0 Å². The Balaban J connectivity index is 1.94. The summed E-state index contributed by atoms with van der Waals surface area (Å²) in [5.74, 6) is -2.21. The fourth-order valence-corrected chi connectivity index (χ4v) is 2.16. The Morgan fingerprint density at radius 1 is 1.10 bits per heavy atom. The number of rotatable bonds is 2. The van der Waals surface area contributed by atoms with Crippen LogP contribution in [0.15, 0.2) is 42.5 Å². The van der Waals surface area contributed by atoms with Crippen LogP contribution >= 0.6 is 0 Å². The van der Waals surface area contributed by atoms with Crippen molar-refractivity contribution in [1.29, 1.82) is 0 Å². The fraction of sp³-hybridized carbons (Fsp3) is 0.0625. The lowest BCUT2D eigenvalue weighted by Gasteiger charge is -2.05. The van der Waals surface area contributed by atoms with E-state index in [9.17, 15) is 13.6 Å². The molecule has 0 aliphatic rings. The van der Waals surface area contributed by atoms with Gasteiger partial charge in [0.25, 0.3) is 5.91 Å². The number of nitrogens with one attached hydrogen (secondary N) is 2. The SMILES string of the molecule is Cc1ccc2cc(C(=O)Nc3c(F)cccc3F)[nH]c2c1. The van der Waals surface area contributed by atoms with Crippen molar-refractivity contribution >= 4 is 22.5 Å². The quantitative estimate of drug-likeness (QED) is 0.734. The van der Waals surface area contributed by atoms with Gasteiger partial charge in [-0.1, -0.05) is 18.2 Å². The van der Waals surface area contributed by atoms with Gasteiger partial charge >= 0.3 is 0 Å². The Kier molecular flexibility index (Phi) is 3.17. The van der Waals surface area contributed by atoms with Crippen molar-refractivity contribution in [2.24, 2.45) is 0 Å². The van der Waals surface area contributed by atoms with E-state index in [1.807, 2.05) is 25.1 Å². The molecule has 0 fully saturated rings. The number of aromatic amines is 1. The van der Waals surface area contributed by atoms with Gasteiger partial charge in [0.1, 0.15) is 23.0 Å². The van der Waals surface area contributed by atoms with Crippen LogP contribution < -0.4 is 5.32 Å². The van der Waals surface area contributed by atoms with Crippen molar-refractivity contribution in [2.75, 3.05) is 5.32 Å². The number of para-hydroxylation sites is 1. The average molecular weight is 286 g/mol. The van der Waals surface area contributed by atoms with E-state index in [4.69, 9.17) is 0 Å². The Bertz CT molecular complexity index is 819. The number of carbonyl (C=O) groups excluding carboxylic acids is 1. The van der Waals surface area contributed by atoms with Crippen LogP contribution in [0.4, 0.5) is 14.5 Å². The van der Waals surface area contributed by atoms with Crippen LogP contribution in [0.25, 0.3) is 10.9 Å². The van der Waals surface area contributed by atoms with Gasteiger partial charge in [0.2, 0.25) is 0 Å². The van der Waals surface area contributed by atoms with Gasteiger partial charge in [0, 0.05) is 10.9 Å². The molecular formula is C16H12F2N2O. The van der Waals surface area contributed by atoms with Crippen LogP contribution in [0, 0.1) is 18.6 Å². The van der Waals surface area contributed by atoms with E-state index in [2.05, 4.69) is 10.3 Å². The number of fused-ring (bicyclic) bond motifs is 1. The maximum Gasteiger partial charge on any atom is 0.272 e. The molecule has 21 heavy (non-hydrogen) atoms. The lowest BCUT2D eigenvalue weighted by Crippen LogP contribution is -2.14. The highest BCUT2D eigenvalue weighted by Crippen LogP contribution is 2.21. The zero-order valence-corrected chi connectivity index (χ0v) is 11.2. The van der Waals surface area contributed by atoms with Crippen LogP contribution in [0.5, 0.6) is 0 Å². The zero-order valence-electron chi connectivity index (χ0n) is 11.2. The molecule has 3 nitrogen and oxygen atoms in total. The number of halogens is 2. The van der Waals surface area contributed by atoms with Gasteiger partial charge in [-0.05, 0) is 36.8 Å². The Hall–Kier alpha value is -2.69. The van der Waals surface area contributed by atoms with E-state index in [1.54, 1.807) is 6.07 Å². The summed E-state index contributed by atoms with van der Waals surface area (Å²) in [4.78, 5) is 15.0. The highest BCUT2D eigenvalue weighted by atomic mass is 19.1. The first-order valence-corrected chi connectivity index (χ1v) is 6.39. The van der Waals surface area contributed by atoms with Crippen molar-refractivity contribution < 1.29 is 13.6 Å². The molecule has 3 rings (SSSR count). The van der Waals surface area contributed by atoms with Crippen molar-refractivity contribution in [3.63, 3.8) is 0 Å². The third kappa shape index (κ3) is 2.50. The first kappa shape index (κ1) is 13.3. The lowest BCUT2D eigenvalue weighted by molar-refractivity contribution is 0.102. The molecule has 5 heteroatoms. The molecule has 0 saturated heterocycles. The standard InChI is InChI=1S/C16H12F2N2O/c1-9-5-6-10-8-14(19-13(10)7-9)16(21)20-15-11(17)3-2-4-12(15)18/h2-8,19H,1H3,(H,20,21). The molecular weight excluding hydrogens is 274 g/mol. The number of anilines is 1. The Morgan fingerprint density at radius 2 is 1.81 bits per heavy atom. The molecule has 0 spiro atoms. The summed E-state index contributed by atoms with van der Waals surface area (Å²) in [5, 5.41) is 3.11. The second kappa shape index (κ2) is 5.01. The summed E-state index contributed by atoms with van der Waals surface area (Å²) in [6.07, 6.45) is 0. The van der Waals surface area contributed by atoms with Crippen LogP contribution in [0.3, 0.4) is 0 Å². The van der Waals surface area contributed by atoms with Gasteiger partial charge in [-0.25, -0.2) is 8.78 Å². The fourth-order valence-electron chi connectivity index (χ4n) is 2.16. The van der Waals surface area contributed by atoms with E-state index in [0.29, 0.717) is 0 Å². The summed E-state index contributed by atoms with van der Waals surface area (Å²) in [7, 11) is 0. The molecule has 2 aromatic carbocycles. The third-order valence-electron chi connectivity index (χ3n) is 3.22. The predicted molar refractivity (Wildman–Crippen MR) is 77.3 cm³/mol. The highest BCUT2D eigenvalue weighted by Gasteiger charge is 2.15. The summed E-state index contributed by atoms with van der Waals surface area (Å²) in [6, 6.07) is 10.8. The number of hydrogen-bond acceptors (Lipinski definition) is 1. The molecule has 2 N–H and O–H groups in total. The maximum absolute atomic E-state index is 13.5. The second-order valence-corrected chi connectivity index (χ2v) is 4.82. The number of amides is 1. The third-order valence-corrected chi connectivity index (χ3v) is 3.22. The largest absolute Gasteiger partial charge is 0.351 e. The average Bonchev–Trinajstić information content (AvgIpc) is 2.86. The van der Waals surface area contributed by atoms with Gasteiger partial charge in [-0.2, -0.15) is 0 Å². The van der Waals surface area contributed by atoms with E-state index in [1.165, 1.54) is 6.07 Å². The molecule has 3 aromatic rings. The molecule has 1 heterocycles. The minimum atomic E-state index is -0.810. The van der Waals surface area contributed by atoms with Crippen LogP contribution in [-0.2, 0) is 0 Å². The zero-order chi connectivity index (χ0) is 15.0. The molecule has 0 bridgehead atoms. The number of hydrogen-bond donors (Lipinski definition) is 2. The predicted octanol–water partition coefficient (Wildman–Crippen LogP) is 4.01. The minimum Gasteiger partial charge on any atom is -0.351 e. The highest BCUT2D eigenvalue weighted by molar-refractivity contribution is 6.06. The normalized spacial score (nSPS) is 10.8. The maximum atomic E-state index is 13.5. The summed E-state index contributed by atoms with van der Waals surface area (Å²) >= 11 is 0. The van der Waals surface area contributed by atoms with E-state index in [-0.39, 0.29) is 5.69 Å². The monoisotopic (exact) mass is 286 g/mol. The van der Waals surface area contributed by atoms with Gasteiger partial charge in [0.05, 0.1) is 0 Å². The molecule has 0 aliphatic heterocycles. The van der Waals surface area contributed by atoms with Gasteiger partial charge in [-0.3, -0.25) is 4.79 Å². The number of carbonyl (C=O) groups is 1. The Morgan fingerprint density at radius 3 is 2.52 bits per heavy atom. The smallest absolute Gasteiger partial charge is 0.272 e. The number of aromatic nitrogens is 1. The topological polar surface area (TPSA) is 44.9 Å². The molecule has 0 aliphatic carbocycles. The van der Waals surface area contributed by atoms with Gasteiger partial charge in [-0.15, -0.1) is 0 Å². The molecule has 1 aromatic heterocycles. The first-order valence-electron chi connectivity index (χ1n) is 6.39. The van der Waals surface area contributed by atoms with Crippen LogP contribution in [-0.4, -0.2) is 10.9 Å². The molecule has 0 radical (unpaired) electrons. The summed E-state index contributed by atoms with van der Waals surface area (Å²) in [6.45, 7) is 1.94. The summed E-state index contributed by atoms with van der Waals surface area (Å²) < 4.78 is 27.0. The molecule has 0 saturated carbocycles. The lowest BCUT2D eigenvalue weighted by atomic mass is 10.2. The minimum absolute atomic E-state index is 0.248.